The highest BCUT2D eigenvalue weighted by atomic mass is 32.1. The van der Waals surface area contributed by atoms with Crippen LogP contribution in [-0.4, -0.2) is 53.9 Å². The molecule has 1 amide bonds. The molecule has 156 valence electrons. The molecule has 0 unspecified atom stereocenters. The molecule has 0 radical (unpaired) electrons. The fourth-order valence-corrected chi connectivity index (χ4v) is 4.95. The van der Waals surface area contributed by atoms with Crippen LogP contribution in [0, 0.1) is 17.0 Å². The van der Waals surface area contributed by atoms with Crippen LogP contribution in [0.2, 0.25) is 0 Å². The summed E-state index contributed by atoms with van der Waals surface area (Å²) < 4.78 is 0. The first-order chi connectivity index (χ1) is 14.4. The molecular formula is C20H21N5O3S2. The predicted octanol–water partition coefficient (Wildman–Crippen LogP) is 4.09. The largest absolute Gasteiger partial charge is 0.359 e. The highest BCUT2D eigenvalue weighted by Crippen LogP contribution is 2.39. The molecule has 0 aliphatic carbocycles. The Morgan fingerprint density at radius 2 is 1.80 bits per heavy atom. The predicted molar refractivity (Wildman–Crippen MR) is 121 cm³/mol. The van der Waals surface area contributed by atoms with Gasteiger partial charge in [0, 0.05) is 37.8 Å². The van der Waals surface area contributed by atoms with E-state index in [-0.39, 0.29) is 15.8 Å². The van der Waals surface area contributed by atoms with E-state index in [2.05, 4.69) is 22.2 Å². The van der Waals surface area contributed by atoms with Gasteiger partial charge in [0.25, 0.3) is 5.91 Å². The maximum atomic E-state index is 12.6. The normalized spacial score (nSPS) is 14.7. The molecule has 30 heavy (non-hydrogen) atoms. The molecule has 4 rings (SSSR count). The van der Waals surface area contributed by atoms with Crippen molar-refractivity contribution in [1.29, 1.82) is 0 Å². The molecule has 1 aliphatic heterocycles. The molecule has 0 atom stereocenters. The molecule has 3 heterocycles. The third kappa shape index (κ3) is 4.35. The van der Waals surface area contributed by atoms with Gasteiger partial charge in [-0.1, -0.05) is 52.5 Å². The van der Waals surface area contributed by atoms with Crippen LogP contribution in [0.15, 0.2) is 36.4 Å². The second-order valence-corrected chi connectivity index (χ2v) is 9.22. The monoisotopic (exact) mass is 443 g/mol. The van der Waals surface area contributed by atoms with E-state index in [4.69, 9.17) is 4.98 Å². The number of likely N-dealkylation sites (N-methyl/N-ethyl adjacent to an activating group) is 1. The van der Waals surface area contributed by atoms with E-state index >= 15 is 0 Å². The summed E-state index contributed by atoms with van der Waals surface area (Å²) >= 11 is 2.29. The van der Waals surface area contributed by atoms with Gasteiger partial charge >= 0.3 is 5.00 Å². The summed E-state index contributed by atoms with van der Waals surface area (Å²) in [6.07, 6.45) is 0. The van der Waals surface area contributed by atoms with Crippen LogP contribution in [0.5, 0.6) is 0 Å². The van der Waals surface area contributed by atoms with Crippen molar-refractivity contribution < 1.29 is 9.72 Å². The number of benzene rings is 1. The average Bonchev–Trinajstić information content (AvgIpc) is 3.37. The van der Waals surface area contributed by atoms with Gasteiger partial charge in [-0.2, -0.15) is 0 Å². The molecule has 8 nitrogen and oxygen atoms in total. The highest BCUT2D eigenvalue weighted by Gasteiger charge is 2.24. The fourth-order valence-electron chi connectivity index (χ4n) is 3.20. The van der Waals surface area contributed by atoms with Crippen molar-refractivity contribution in [2.75, 3.05) is 43.4 Å². The topological polar surface area (TPSA) is 91.6 Å². The van der Waals surface area contributed by atoms with E-state index in [9.17, 15) is 14.9 Å². The van der Waals surface area contributed by atoms with Gasteiger partial charge in [-0.15, -0.1) is 0 Å². The second-order valence-electron chi connectivity index (χ2n) is 7.18. The number of aromatic nitrogens is 1. The maximum absolute atomic E-state index is 12.6. The Morgan fingerprint density at radius 1 is 1.10 bits per heavy atom. The van der Waals surface area contributed by atoms with Gasteiger partial charge in [-0.3, -0.25) is 20.2 Å². The van der Waals surface area contributed by atoms with Crippen LogP contribution in [0.3, 0.4) is 0 Å². The number of carbonyl (C=O) groups is 1. The van der Waals surface area contributed by atoms with Gasteiger partial charge < -0.3 is 9.80 Å². The van der Waals surface area contributed by atoms with Crippen LogP contribution in [-0.2, 0) is 0 Å². The van der Waals surface area contributed by atoms with Gasteiger partial charge in [0.1, 0.15) is 10.7 Å². The lowest BCUT2D eigenvalue weighted by molar-refractivity contribution is -0.380. The number of piperazine rings is 1. The number of hydrogen-bond acceptors (Lipinski definition) is 8. The van der Waals surface area contributed by atoms with Crippen molar-refractivity contribution >= 4 is 43.7 Å². The number of carbonyl (C=O) groups excluding carboxylic acids is 1. The lowest BCUT2D eigenvalue weighted by Gasteiger charge is -2.33. The number of anilines is 2. The zero-order valence-electron chi connectivity index (χ0n) is 16.6. The number of thiazole rings is 1. The smallest absolute Gasteiger partial charge is 0.324 e. The first kappa shape index (κ1) is 20.5. The molecule has 1 N–H and O–H groups in total. The molecule has 0 saturated carbocycles. The number of amides is 1. The molecular weight excluding hydrogens is 422 g/mol. The molecule has 1 aliphatic rings. The van der Waals surface area contributed by atoms with Gasteiger partial charge in [0.2, 0.25) is 0 Å². The summed E-state index contributed by atoms with van der Waals surface area (Å²) in [5, 5.41) is 15.2. The van der Waals surface area contributed by atoms with Gasteiger partial charge in [0.15, 0.2) is 5.13 Å². The van der Waals surface area contributed by atoms with Crippen molar-refractivity contribution in [3.8, 4) is 11.3 Å². The SMILES string of the molecule is Cc1ccc(-c2nc(NC(=O)c3ccc([N+](=O)[O-])s3)sc2N2CCN(C)CC2)cc1. The second kappa shape index (κ2) is 8.50. The number of nitro groups is 1. The summed E-state index contributed by atoms with van der Waals surface area (Å²) in [5.74, 6) is -0.387. The van der Waals surface area contributed by atoms with Gasteiger partial charge in [-0.05, 0) is 20.0 Å². The highest BCUT2D eigenvalue weighted by molar-refractivity contribution is 7.20. The summed E-state index contributed by atoms with van der Waals surface area (Å²) in [5.41, 5.74) is 3.01. The number of nitrogens with one attached hydrogen (secondary N) is 1. The molecule has 10 heteroatoms. The minimum absolute atomic E-state index is 0.0576. The summed E-state index contributed by atoms with van der Waals surface area (Å²) in [4.78, 5) is 32.6. The molecule has 0 spiro atoms. The Labute approximate surface area is 181 Å². The number of rotatable bonds is 5. The number of thiophene rings is 1. The van der Waals surface area contributed by atoms with Crippen LogP contribution >= 0.6 is 22.7 Å². The van der Waals surface area contributed by atoms with Crippen molar-refractivity contribution in [2.45, 2.75) is 6.92 Å². The van der Waals surface area contributed by atoms with Crippen LogP contribution in [0.25, 0.3) is 11.3 Å². The van der Waals surface area contributed by atoms with Crippen molar-refractivity contribution in [1.82, 2.24) is 9.88 Å². The summed E-state index contributed by atoms with van der Waals surface area (Å²) in [7, 11) is 2.11. The van der Waals surface area contributed by atoms with E-state index < -0.39 is 4.92 Å². The molecule has 1 saturated heterocycles. The van der Waals surface area contributed by atoms with E-state index in [1.165, 1.54) is 29.0 Å². The van der Waals surface area contributed by atoms with Crippen molar-refractivity contribution in [2.24, 2.45) is 0 Å². The van der Waals surface area contributed by atoms with Crippen LogP contribution in [0.4, 0.5) is 15.1 Å². The minimum atomic E-state index is -0.494. The zero-order chi connectivity index (χ0) is 21.3. The standard InChI is InChI=1S/C20H21N5O3S2/c1-13-3-5-14(6-4-13)17-19(24-11-9-23(2)10-12-24)30-20(21-17)22-18(26)15-7-8-16(29-15)25(27)28/h3-8H,9-12H2,1-2H3,(H,21,22,26). The minimum Gasteiger partial charge on any atom is -0.359 e. The molecule has 3 aromatic rings. The number of hydrogen-bond donors (Lipinski definition) is 1. The summed E-state index contributed by atoms with van der Waals surface area (Å²) in [6.45, 7) is 5.75. The number of aryl methyl sites for hydroxylation is 1. The molecule has 0 bridgehead atoms. The molecule has 2 aromatic heterocycles. The Bertz CT molecular complexity index is 1070. The third-order valence-corrected chi connectivity index (χ3v) is 7.01. The maximum Gasteiger partial charge on any atom is 0.324 e. The lowest BCUT2D eigenvalue weighted by atomic mass is 10.1. The average molecular weight is 444 g/mol. The van der Waals surface area contributed by atoms with E-state index in [1.807, 2.05) is 31.2 Å². The zero-order valence-corrected chi connectivity index (χ0v) is 18.3. The van der Waals surface area contributed by atoms with Crippen LogP contribution in [0.1, 0.15) is 15.2 Å². The number of nitrogens with zero attached hydrogens (tertiary/aromatic N) is 4. The fraction of sp³-hybridized carbons (Fsp3) is 0.300. The Balaban J connectivity index is 1.63. The Kier molecular flexibility index (Phi) is 5.80. The van der Waals surface area contributed by atoms with Gasteiger partial charge in [0.05, 0.1) is 9.80 Å². The van der Waals surface area contributed by atoms with E-state index in [1.54, 1.807) is 0 Å². The van der Waals surface area contributed by atoms with Crippen molar-refractivity contribution in [3.05, 3.63) is 57.0 Å². The Morgan fingerprint density at radius 3 is 2.43 bits per heavy atom. The summed E-state index contributed by atoms with van der Waals surface area (Å²) in [6, 6.07) is 11.0. The van der Waals surface area contributed by atoms with E-state index in [0.29, 0.717) is 5.13 Å². The Hall–Kier alpha value is -2.82. The van der Waals surface area contributed by atoms with Crippen molar-refractivity contribution in [3.63, 3.8) is 0 Å². The molecule has 1 aromatic carbocycles. The quantitative estimate of drug-likeness (QED) is 0.472. The lowest BCUT2D eigenvalue weighted by Crippen LogP contribution is -2.44. The van der Waals surface area contributed by atoms with E-state index in [0.717, 1.165) is 53.8 Å². The first-order valence-electron chi connectivity index (χ1n) is 9.47. The molecule has 1 fully saturated rings. The van der Waals surface area contributed by atoms with Gasteiger partial charge in [-0.25, -0.2) is 4.98 Å². The van der Waals surface area contributed by atoms with Crippen LogP contribution < -0.4 is 10.2 Å². The first-order valence-corrected chi connectivity index (χ1v) is 11.1. The third-order valence-electron chi connectivity index (χ3n) is 4.94.